The fourth-order valence-corrected chi connectivity index (χ4v) is 3.85. The van der Waals surface area contributed by atoms with Crippen molar-refractivity contribution in [2.24, 2.45) is 5.41 Å². The maximum Gasteiger partial charge on any atom is 0.173 e. The molecule has 2 aromatic rings. The van der Waals surface area contributed by atoms with E-state index in [4.69, 9.17) is 0 Å². The predicted octanol–water partition coefficient (Wildman–Crippen LogP) is 4.08. The molecule has 0 saturated heterocycles. The highest BCUT2D eigenvalue weighted by molar-refractivity contribution is 8.00. The van der Waals surface area contributed by atoms with Crippen LogP contribution in [-0.2, 0) is 6.42 Å². The second-order valence-corrected chi connectivity index (χ2v) is 7.93. The largest absolute Gasteiger partial charge is 0.294 e. The molecular formula is C20H18N2O2S. The van der Waals surface area contributed by atoms with Gasteiger partial charge in [-0.25, -0.2) is 4.98 Å². The van der Waals surface area contributed by atoms with Gasteiger partial charge in [-0.3, -0.25) is 9.59 Å². The monoisotopic (exact) mass is 350 g/mol. The van der Waals surface area contributed by atoms with Gasteiger partial charge in [-0.05, 0) is 17.9 Å². The number of rotatable bonds is 4. The number of ketones is 2. The molecule has 1 aromatic heterocycles. The van der Waals surface area contributed by atoms with Crippen molar-refractivity contribution in [3.8, 4) is 6.07 Å². The Balaban J connectivity index is 1.86. The SMILES string of the molecule is CC1(C)CC(=O)c2cc(C#N)c(SCC(=O)c3ccccc3)nc2C1. The summed E-state index contributed by atoms with van der Waals surface area (Å²) in [5.41, 5.74) is 2.15. The molecule has 1 heterocycles. The van der Waals surface area contributed by atoms with Crippen molar-refractivity contribution in [1.82, 2.24) is 4.98 Å². The molecule has 1 aliphatic rings. The van der Waals surface area contributed by atoms with Gasteiger partial charge in [0.15, 0.2) is 11.6 Å². The van der Waals surface area contributed by atoms with Gasteiger partial charge in [0.05, 0.1) is 17.0 Å². The molecule has 0 unspecified atom stereocenters. The number of carbonyl (C=O) groups excluding carboxylic acids is 2. The Morgan fingerprint density at radius 1 is 1.28 bits per heavy atom. The minimum atomic E-state index is -0.132. The molecular weight excluding hydrogens is 332 g/mol. The molecule has 0 spiro atoms. The highest BCUT2D eigenvalue weighted by Gasteiger charge is 2.32. The van der Waals surface area contributed by atoms with Crippen molar-refractivity contribution < 1.29 is 9.59 Å². The van der Waals surface area contributed by atoms with Crippen LogP contribution in [0.1, 0.15) is 52.2 Å². The fourth-order valence-electron chi connectivity index (χ4n) is 2.99. The minimum Gasteiger partial charge on any atom is -0.294 e. The van der Waals surface area contributed by atoms with Crippen molar-refractivity contribution in [3.63, 3.8) is 0 Å². The zero-order valence-corrected chi connectivity index (χ0v) is 15.0. The van der Waals surface area contributed by atoms with Crippen LogP contribution < -0.4 is 0 Å². The predicted molar refractivity (Wildman–Crippen MR) is 96.9 cm³/mol. The van der Waals surface area contributed by atoms with Crippen LogP contribution in [0.2, 0.25) is 0 Å². The van der Waals surface area contributed by atoms with Crippen LogP contribution in [0.3, 0.4) is 0 Å². The number of carbonyl (C=O) groups is 2. The topological polar surface area (TPSA) is 70.8 Å². The number of aromatic nitrogens is 1. The third-order valence-corrected chi connectivity index (χ3v) is 5.20. The van der Waals surface area contributed by atoms with Gasteiger partial charge >= 0.3 is 0 Å². The molecule has 25 heavy (non-hydrogen) atoms. The summed E-state index contributed by atoms with van der Waals surface area (Å²) in [6, 6.07) is 12.8. The third-order valence-electron chi connectivity index (χ3n) is 4.21. The highest BCUT2D eigenvalue weighted by atomic mass is 32.2. The molecule has 0 radical (unpaired) electrons. The smallest absolute Gasteiger partial charge is 0.173 e. The summed E-state index contributed by atoms with van der Waals surface area (Å²) >= 11 is 1.25. The Labute approximate surface area is 151 Å². The Bertz CT molecular complexity index is 883. The molecule has 0 atom stereocenters. The summed E-state index contributed by atoms with van der Waals surface area (Å²) in [5, 5.41) is 9.92. The molecule has 0 fully saturated rings. The van der Waals surface area contributed by atoms with E-state index in [1.54, 1.807) is 18.2 Å². The average Bonchev–Trinajstić information content (AvgIpc) is 2.58. The van der Waals surface area contributed by atoms with Gasteiger partial charge in [0.1, 0.15) is 11.1 Å². The van der Waals surface area contributed by atoms with Crippen molar-refractivity contribution >= 4 is 23.3 Å². The average molecular weight is 350 g/mol. The molecule has 0 amide bonds. The lowest BCUT2D eigenvalue weighted by molar-refractivity contribution is 0.0909. The molecule has 0 saturated carbocycles. The molecule has 0 N–H and O–H groups in total. The number of nitriles is 1. The Hall–Kier alpha value is -2.45. The normalized spacial score (nSPS) is 15.3. The first-order valence-corrected chi connectivity index (χ1v) is 9.06. The standard InChI is InChI=1S/C20H18N2O2S/c1-20(2)9-16-15(17(23)10-20)8-14(11-21)19(22-16)25-12-18(24)13-6-4-3-5-7-13/h3-8H,9-10,12H2,1-2H3. The van der Waals surface area contributed by atoms with Crippen LogP contribution in [0.15, 0.2) is 41.4 Å². The Morgan fingerprint density at radius 3 is 2.68 bits per heavy atom. The molecule has 0 aliphatic heterocycles. The van der Waals surface area contributed by atoms with Gasteiger partial charge in [-0.1, -0.05) is 55.9 Å². The number of nitrogens with zero attached hydrogens (tertiary/aromatic N) is 2. The number of benzene rings is 1. The lowest BCUT2D eigenvalue weighted by Gasteiger charge is -2.29. The Morgan fingerprint density at radius 2 is 2.00 bits per heavy atom. The minimum absolute atomic E-state index is 0.00887. The van der Waals surface area contributed by atoms with Gasteiger partial charge in [0.25, 0.3) is 0 Å². The van der Waals surface area contributed by atoms with E-state index in [9.17, 15) is 14.9 Å². The van der Waals surface area contributed by atoms with E-state index in [2.05, 4.69) is 11.1 Å². The molecule has 5 heteroatoms. The number of hydrogen-bond donors (Lipinski definition) is 0. The van der Waals surface area contributed by atoms with Crippen LogP contribution in [0.25, 0.3) is 0 Å². The van der Waals surface area contributed by atoms with Crippen molar-refractivity contribution in [2.45, 2.75) is 31.7 Å². The summed E-state index contributed by atoms with van der Waals surface area (Å²) in [6.07, 6.45) is 1.16. The van der Waals surface area contributed by atoms with E-state index >= 15 is 0 Å². The van der Waals surface area contributed by atoms with Gasteiger partial charge < -0.3 is 0 Å². The van der Waals surface area contributed by atoms with Crippen LogP contribution in [-0.4, -0.2) is 22.3 Å². The number of pyridine rings is 1. The van der Waals surface area contributed by atoms with E-state index in [1.807, 2.05) is 32.0 Å². The van der Waals surface area contributed by atoms with E-state index in [0.717, 1.165) is 5.69 Å². The lowest BCUT2D eigenvalue weighted by atomic mass is 9.75. The van der Waals surface area contributed by atoms with Crippen LogP contribution in [0, 0.1) is 16.7 Å². The number of Topliss-reactive ketones (excluding diaryl/α,β-unsaturated/α-hetero) is 2. The van der Waals surface area contributed by atoms with Crippen molar-refractivity contribution in [1.29, 1.82) is 5.26 Å². The van der Waals surface area contributed by atoms with Gasteiger partial charge in [-0.15, -0.1) is 0 Å². The second-order valence-electron chi connectivity index (χ2n) is 6.97. The van der Waals surface area contributed by atoms with Crippen LogP contribution >= 0.6 is 11.8 Å². The quantitative estimate of drug-likeness (QED) is 0.614. The van der Waals surface area contributed by atoms with E-state index in [1.165, 1.54) is 11.8 Å². The first-order valence-electron chi connectivity index (χ1n) is 8.08. The van der Waals surface area contributed by atoms with Gasteiger partial charge in [-0.2, -0.15) is 5.26 Å². The first kappa shape index (κ1) is 17.4. The van der Waals surface area contributed by atoms with Gasteiger partial charge in [0, 0.05) is 17.5 Å². The molecule has 0 bridgehead atoms. The van der Waals surface area contributed by atoms with E-state index < -0.39 is 0 Å². The zero-order valence-electron chi connectivity index (χ0n) is 14.2. The molecule has 126 valence electrons. The highest BCUT2D eigenvalue weighted by Crippen LogP contribution is 2.36. The third kappa shape index (κ3) is 3.80. The summed E-state index contributed by atoms with van der Waals surface area (Å²) in [6.45, 7) is 4.08. The van der Waals surface area contributed by atoms with Crippen molar-refractivity contribution in [2.75, 3.05) is 5.75 Å². The lowest BCUT2D eigenvalue weighted by Crippen LogP contribution is -2.28. The summed E-state index contributed by atoms with van der Waals surface area (Å²) in [7, 11) is 0. The van der Waals surface area contributed by atoms with Crippen molar-refractivity contribution in [3.05, 3.63) is 58.8 Å². The van der Waals surface area contributed by atoms with Crippen LogP contribution in [0.4, 0.5) is 0 Å². The summed E-state index contributed by atoms with van der Waals surface area (Å²) in [5.74, 6) is 0.236. The van der Waals surface area contributed by atoms with Crippen LogP contribution in [0.5, 0.6) is 0 Å². The summed E-state index contributed by atoms with van der Waals surface area (Å²) in [4.78, 5) is 29.2. The molecule has 3 rings (SSSR count). The zero-order chi connectivity index (χ0) is 18.0. The number of fused-ring (bicyclic) bond motifs is 1. The number of thioether (sulfide) groups is 1. The van der Waals surface area contributed by atoms with E-state index in [0.29, 0.717) is 34.6 Å². The first-order chi connectivity index (χ1) is 11.9. The molecule has 4 nitrogen and oxygen atoms in total. The van der Waals surface area contributed by atoms with Gasteiger partial charge in [0.2, 0.25) is 0 Å². The number of hydrogen-bond acceptors (Lipinski definition) is 5. The van der Waals surface area contributed by atoms with E-state index in [-0.39, 0.29) is 22.7 Å². The fraction of sp³-hybridized carbons (Fsp3) is 0.300. The molecule has 1 aromatic carbocycles. The Kier molecular flexibility index (Phi) is 4.73. The molecule has 1 aliphatic carbocycles. The maximum atomic E-state index is 12.3. The second kappa shape index (κ2) is 6.81. The maximum absolute atomic E-state index is 12.3. The summed E-state index contributed by atoms with van der Waals surface area (Å²) < 4.78 is 0.